The van der Waals surface area contributed by atoms with Gasteiger partial charge in [0.05, 0.1) is 5.41 Å². The van der Waals surface area contributed by atoms with Crippen LogP contribution in [0, 0.1) is 5.41 Å². The highest BCUT2D eigenvalue weighted by molar-refractivity contribution is 5.98. The van der Waals surface area contributed by atoms with Crippen LogP contribution in [0.15, 0.2) is 30.5 Å². The summed E-state index contributed by atoms with van der Waals surface area (Å²) in [4.78, 5) is 26.0. The number of carboxylic acid groups (broad SMARTS) is 1. The van der Waals surface area contributed by atoms with E-state index in [0.717, 1.165) is 10.9 Å². The van der Waals surface area contributed by atoms with Gasteiger partial charge in [-0.15, -0.1) is 0 Å². The fourth-order valence-electron chi connectivity index (χ4n) is 2.16. The third-order valence-corrected chi connectivity index (χ3v) is 3.71. The van der Waals surface area contributed by atoms with E-state index in [1.807, 2.05) is 18.3 Å². The summed E-state index contributed by atoms with van der Waals surface area (Å²) < 4.78 is 0. The fraction of sp³-hybridized carbons (Fsp3) is 0.286. The summed E-state index contributed by atoms with van der Waals surface area (Å²) in [6, 6.07) is 7.31. The Morgan fingerprint density at radius 1 is 1.32 bits per heavy atom. The number of hydrogen-bond acceptors (Lipinski definition) is 2. The van der Waals surface area contributed by atoms with Crippen molar-refractivity contribution >= 4 is 22.8 Å². The number of carbonyl (C=O) groups excluding carboxylic acids is 1. The van der Waals surface area contributed by atoms with Crippen LogP contribution in [-0.2, 0) is 4.79 Å². The first-order valence-corrected chi connectivity index (χ1v) is 6.19. The first-order valence-electron chi connectivity index (χ1n) is 6.19. The summed E-state index contributed by atoms with van der Waals surface area (Å²) in [5, 5.41) is 12.8. The van der Waals surface area contributed by atoms with Crippen molar-refractivity contribution in [2.75, 3.05) is 6.54 Å². The van der Waals surface area contributed by atoms with Crippen molar-refractivity contribution in [1.29, 1.82) is 0 Å². The predicted octanol–water partition coefficient (Wildman–Crippen LogP) is 1.76. The molecule has 0 saturated heterocycles. The molecule has 1 aromatic carbocycles. The molecule has 19 heavy (non-hydrogen) atoms. The molecule has 3 N–H and O–H groups in total. The van der Waals surface area contributed by atoms with Crippen LogP contribution in [0.25, 0.3) is 10.9 Å². The number of aromatic nitrogens is 1. The van der Waals surface area contributed by atoms with Gasteiger partial charge in [0, 0.05) is 23.8 Å². The van der Waals surface area contributed by atoms with E-state index in [4.69, 9.17) is 5.11 Å². The lowest BCUT2D eigenvalue weighted by Gasteiger charge is -2.11. The molecule has 2 aromatic rings. The van der Waals surface area contributed by atoms with E-state index < -0.39 is 11.4 Å². The first kappa shape index (κ1) is 11.8. The second-order valence-electron chi connectivity index (χ2n) is 5.05. The Morgan fingerprint density at radius 2 is 2.11 bits per heavy atom. The molecular formula is C14H14N2O3. The number of aromatic amines is 1. The minimum absolute atomic E-state index is 0.198. The third kappa shape index (κ3) is 2.07. The molecule has 1 heterocycles. The molecule has 0 atom stereocenters. The molecule has 0 aliphatic heterocycles. The van der Waals surface area contributed by atoms with Gasteiger partial charge in [-0.25, -0.2) is 0 Å². The van der Waals surface area contributed by atoms with Crippen molar-refractivity contribution in [2.45, 2.75) is 12.8 Å². The first-order chi connectivity index (χ1) is 9.11. The summed E-state index contributed by atoms with van der Waals surface area (Å²) >= 11 is 0. The maximum Gasteiger partial charge on any atom is 0.311 e. The Labute approximate surface area is 109 Å². The molecule has 5 nitrogen and oxygen atoms in total. The number of amides is 1. The molecule has 0 bridgehead atoms. The average molecular weight is 258 g/mol. The van der Waals surface area contributed by atoms with E-state index in [1.165, 1.54) is 0 Å². The van der Waals surface area contributed by atoms with E-state index in [-0.39, 0.29) is 12.5 Å². The van der Waals surface area contributed by atoms with Crippen molar-refractivity contribution in [1.82, 2.24) is 10.3 Å². The molecule has 1 fully saturated rings. The van der Waals surface area contributed by atoms with Gasteiger partial charge in [0.2, 0.25) is 0 Å². The van der Waals surface area contributed by atoms with Crippen LogP contribution in [0.5, 0.6) is 0 Å². The van der Waals surface area contributed by atoms with Gasteiger partial charge in [0.1, 0.15) is 0 Å². The highest BCUT2D eigenvalue weighted by Crippen LogP contribution is 2.45. The zero-order valence-electron chi connectivity index (χ0n) is 10.3. The topological polar surface area (TPSA) is 82.2 Å². The molecular weight excluding hydrogens is 244 g/mol. The monoisotopic (exact) mass is 258 g/mol. The Kier molecular flexibility index (Phi) is 2.55. The van der Waals surface area contributed by atoms with Crippen molar-refractivity contribution in [3.05, 3.63) is 36.0 Å². The second kappa shape index (κ2) is 4.12. The lowest BCUT2D eigenvalue weighted by molar-refractivity contribution is -0.143. The van der Waals surface area contributed by atoms with Crippen LogP contribution in [0.3, 0.4) is 0 Å². The van der Waals surface area contributed by atoms with Crippen LogP contribution < -0.4 is 5.32 Å². The number of carboxylic acids is 1. The molecule has 98 valence electrons. The van der Waals surface area contributed by atoms with Crippen LogP contribution in [-0.4, -0.2) is 28.5 Å². The summed E-state index contributed by atoms with van der Waals surface area (Å²) in [6.45, 7) is 0.198. The van der Waals surface area contributed by atoms with Crippen LogP contribution in [0.4, 0.5) is 0 Å². The molecule has 1 saturated carbocycles. The summed E-state index contributed by atoms with van der Waals surface area (Å²) in [5.74, 6) is -1.06. The smallest absolute Gasteiger partial charge is 0.311 e. The summed E-state index contributed by atoms with van der Waals surface area (Å²) in [6.07, 6.45) is 3.09. The van der Waals surface area contributed by atoms with Gasteiger partial charge in [-0.05, 0) is 36.4 Å². The Bertz CT molecular complexity index is 656. The van der Waals surface area contributed by atoms with Crippen LogP contribution in [0.2, 0.25) is 0 Å². The predicted molar refractivity (Wildman–Crippen MR) is 69.9 cm³/mol. The molecule has 0 spiro atoms. The lowest BCUT2D eigenvalue weighted by Crippen LogP contribution is -2.34. The fourth-order valence-corrected chi connectivity index (χ4v) is 2.16. The number of fused-ring (bicyclic) bond motifs is 1. The van der Waals surface area contributed by atoms with E-state index in [2.05, 4.69) is 10.3 Å². The van der Waals surface area contributed by atoms with Crippen LogP contribution >= 0.6 is 0 Å². The summed E-state index contributed by atoms with van der Waals surface area (Å²) in [5.41, 5.74) is 0.704. The number of H-pyrrole nitrogens is 1. The van der Waals surface area contributed by atoms with Gasteiger partial charge < -0.3 is 15.4 Å². The lowest BCUT2D eigenvalue weighted by atomic mass is 10.1. The van der Waals surface area contributed by atoms with E-state index >= 15 is 0 Å². The highest BCUT2D eigenvalue weighted by Gasteiger charge is 2.50. The quantitative estimate of drug-likeness (QED) is 0.781. The largest absolute Gasteiger partial charge is 0.481 e. The van der Waals surface area contributed by atoms with Gasteiger partial charge in [0.25, 0.3) is 5.91 Å². The molecule has 3 rings (SSSR count). The zero-order chi connectivity index (χ0) is 13.5. The maximum atomic E-state index is 12.0. The Morgan fingerprint density at radius 3 is 2.79 bits per heavy atom. The number of carbonyl (C=O) groups is 2. The van der Waals surface area contributed by atoms with Gasteiger partial charge in [0.15, 0.2) is 0 Å². The molecule has 1 aliphatic rings. The highest BCUT2D eigenvalue weighted by atomic mass is 16.4. The molecule has 5 heteroatoms. The zero-order valence-corrected chi connectivity index (χ0v) is 10.3. The Balaban J connectivity index is 1.71. The van der Waals surface area contributed by atoms with Crippen molar-refractivity contribution in [2.24, 2.45) is 5.41 Å². The van der Waals surface area contributed by atoms with Crippen molar-refractivity contribution in [3.63, 3.8) is 0 Å². The van der Waals surface area contributed by atoms with E-state index in [0.29, 0.717) is 18.4 Å². The molecule has 1 aromatic heterocycles. The number of benzene rings is 1. The van der Waals surface area contributed by atoms with Crippen LogP contribution in [0.1, 0.15) is 23.2 Å². The minimum Gasteiger partial charge on any atom is -0.481 e. The summed E-state index contributed by atoms with van der Waals surface area (Å²) in [7, 11) is 0. The normalized spacial score (nSPS) is 16.2. The number of aliphatic carboxylic acids is 1. The molecule has 0 unspecified atom stereocenters. The second-order valence-corrected chi connectivity index (χ2v) is 5.05. The SMILES string of the molecule is O=C(NCC1(C(=O)O)CC1)c1ccc2cc[nH]c2c1. The minimum atomic E-state index is -0.826. The van der Waals surface area contributed by atoms with Gasteiger partial charge in [-0.3, -0.25) is 9.59 Å². The average Bonchev–Trinajstić information content (AvgIpc) is 3.06. The van der Waals surface area contributed by atoms with Gasteiger partial charge in [-0.1, -0.05) is 6.07 Å². The molecule has 0 radical (unpaired) electrons. The van der Waals surface area contributed by atoms with E-state index in [1.54, 1.807) is 12.1 Å². The number of hydrogen-bond donors (Lipinski definition) is 3. The van der Waals surface area contributed by atoms with Crippen molar-refractivity contribution in [3.8, 4) is 0 Å². The maximum absolute atomic E-state index is 12.0. The van der Waals surface area contributed by atoms with Gasteiger partial charge in [-0.2, -0.15) is 0 Å². The van der Waals surface area contributed by atoms with Crippen molar-refractivity contribution < 1.29 is 14.7 Å². The van der Waals surface area contributed by atoms with Gasteiger partial charge >= 0.3 is 5.97 Å². The third-order valence-electron chi connectivity index (χ3n) is 3.71. The molecule has 1 amide bonds. The Hall–Kier alpha value is -2.30. The van der Waals surface area contributed by atoms with E-state index in [9.17, 15) is 9.59 Å². The molecule has 1 aliphatic carbocycles. The number of rotatable bonds is 4. The number of nitrogens with one attached hydrogen (secondary N) is 2. The standard InChI is InChI=1S/C14H14N2O3/c17-12(16-8-14(4-5-14)13(18)19)10-2-1-9-3-6-15-11(9)7-10/h1-3,6-7,15H,4-5,8H2,(H,16,17)(H,18,19).